The van der Waals surface area contributed by atoms with Gasteiger partial charge < -0.3 is 5.11 Å². The van der Waals surface area contributed by atoms with E-state index in [9.17, 15) is 32.7 Å². The maximum atomic E-state index is 13.9. The van der Waals surface area contributed by atoms with Gasteiger partial charge in [-0.05, 0) is 62.6 Å². The van der Waals surface area contributed by atoms with E-state index in [4.69, 9.17) is 5.26 Å². The van der Waals surface area contributed by atoms with Crippen molar-refractivity contribution >= 4 is 23.5 Å². The van der Waals surface area contributed by atoms with Gasteiger partial charge in [0, 0.05) is 11.3 Å². The first-order valence-electron chi connectivity index (χ1n) is 10.7. The van der Waals surface area contributed by atoms with E-state index in [0.717, 1.165) is 28.0 Å². The number of halogens is 3. The van der Waals surface area contributed by atoms with Crippen molar-refractivity contribution in [2.75, 3.05) is 4.90 Å². The summed E-state index contributed by atoms with van der Waals surface area (Å²) in [6, 6.07) is 10.2. The number of urea groups is 1. The lowest BCUT2D eigenvalue weighted by Crippen LogP contribution is -2.58. The first-order chi connectivity index (χ1) is 16.4. The van der Waals surface area contributed by atoms with E-state index in [1.807, 2.05) is 6.07 Å². The van der Waals surface area contributed by atoms with Crippen LogP contribution in [-0.2, 0) is 15.8 Å². The predicted octanol–water partition coefficient (Wildman–Crippen LogP) is 5.04. The molecule has 1 saturated carbocycles. The van der Waals surface area contributed by atoms with Crippen LogP contribution in [-0.4, -0.2) is 33.3 Å². The highest BCUT2D eigenvalue weighted by Gasteiger charge is 2.62. The smallest absolute Gasteiger partial charge is 0.416 e. The van der Waals surface area contributed by atoms with Gasteiger partial charge in [0.2, 0.25) is 0 Å². The highest BCUT2D eigenvalue weighted by atomic mass is 19.4. The Morgan fingerprint density at radius 3 is 2.26 bits per heavy atom. The summed E-state index contributed by atoms with van der Waals surface area (Å²) in [5.41, 5.74) is -1.80. The van der Waals surface area contributed by atoms with Crippen molar-refractivity contribution < 1.29 is 32.7 Å². The molecule has 2 amide bonds. The Morgan fingerprint density at radius 2 is 1.77 bits per heavy atom. The fourth-order valence-corrected chi connectivity index (χ4v) is 4.54. The van der Waals surface area contributed by atoms with Crippen LogP contribution in [0.4, 0.5) is 23.7 Å². The summed E-state index contributed by atoms with van der Waals surface area (Å²) in [5.74, 6) is -1.73. The summed E-state index contributed by atoms with van der Waals surface area (Å²) in [4.78, 5) is 41.1. The van der Waals surface area contributed by atoms with E-state index < -0.39 is 41.1 Å². The normalized spacial score (nSPS) is 19.4. The SMILES string of the molecule is CC(=O)C1=C(C)N(c2cccc(C(F)(F)F)c2)C(=O)N(C2(C(=O)O)CC2)C1c1ccc(C#N)cc1. The zero-order valence-corrected chi connectivity index (χ0v) is 18.8. The maximum Gasteiger partial charge on any atom is 0.416 e. The molecular formula is C25H20F3N3O4. The van der Waals surface area contributed by atoms with E-state index in [2.05, 4.69) is 0 Å². The summed E-state index contributed by atoms with van der Waals surface area (Å²) in [6.45, 7) is 2.71. The fourth-order valence-electron chi connectivity index (χ4n) is 4.54. The molecule has 4 rings (SSSR count). The van der Waals surface area contributed by atoms with Gasteiger partial charge in [0.25, 0.3) is 0 Å². The number of amides is 2. The third-order valence-corrected chi connectivity index (χ3v) is 6.40. The second-order valence-corrected chi connectivity index (χ2v) is 8.56. The van der Waals surface area contributed by atoms with Gasteiger partial charge in [-0.2, -0.15) is 18.4 Å². The average molecular weight is 483 g/mol. The number of aliphatic carboxylic acids is 1. The molecule has 2 aliphatic rings. The number of carboxylic acids is 1. The quantitative estimate of drug-likeness (QED) is 0.642. The zero-order valence-electron chi connectivity index (χ0n) is 18.8. The Balaban J connectivity index is 1.97. The number of allylic oxidation sites excluding steroid dienone is 1. The van der Waals surface area contributed by atoms with Gasteiger partial charge in [-0.15, -0.1) is 0 Å². The number of nitrogens with zero attached hydrogens (tertiary/aromatic N) is 3. The van der Waals surface area contributed by atoms with Crippen molar-refractivity contribution in [1.29, 1.82) is 5.26 Å². The number of hydrogen-bond donors (Lipinski definition) is 1. The summed E-state index contributed by atoms with van der Waals surface area (Å²) >= 11 is 0. The molecule has 0 radical (unpaired) electrons. The van der Waals surface area contributed by atoms with Crippen LogP contribution in [0.25, 0.3) is 0 Å². The molecule has 1 aliphatic heterocycles. The van der Waals surface area contributed by atoms with Gasteiger partial charge in [-0.3, -0.25) is 14.6 Å². The van der Waals surface area contributed by atoms with E-state index >= 15 is 0 Å². The van der Waals surface area contributed by atoms with Crippen molar-refractivity contribution in [2.24, 2.45) is 0 Å². The van der Waals surface area contributed by atoms with Crippen LogP contribution < -0.4 is 4.90 Å². The highest BCUT2D eigenvalue weighted by molar-refractivity contribution is 6.07. The molecular weight excluding hydrogens is 463 g/mol. The third-order valence-electron chi connectivity index (χ3n) is 6.40. The number of alkyl halides is 3. The lowest BCUT2D eigenvalue weighted by Gasteiger charge is -2.45. The zero-order chi connectivity index (χ0) is 25.7. The van der Waals surface area contributed by atoms with Crippen LogP contribution in [0.5, 0.6) is 0 Å². The van der Waals surface area contributed by atoms with Gasteiger partial charge in [0.15, 0.2) is 5.78 Å². The molecule has 2 aromatic rings. The van der Waals surface area contributed by atoms with Gasteiger partial charge in [0.05, 0.1) is 28.9 Å². The molecule has 7 nitrogen and oxygen atoms in total. The van der Waals surface area contributed by atoms with Crippen LogP contribution in [0.3, 0.4) is 0 Å². The minimum Gasteiger partial charge on any atom is -0.479 e. The van der Waals surface area contributed by atoms with Crippen molar-refractivity contribution in [1.82, 2.24) is 4.90 Å². The molecule has 0 spiro atoms. The van der Waals surface area contributed by atoms with Crippen LogP contribution >= 0.6 is 0 Å². The molecule has 2 aromatic carbocycles. The van der Waals surface area contributed by atoms with E-state index in [1.54, 1.807) is 0 Å². The summed E-state index contributed by atoms with van der Waals surface area (Å²) in [5, 5.41) is 19.1. The summed E-state index contributed by atoms with van der Waals surface area (Å²) in [6.07, 6.45) is -4.41. The fraction of sp³-hybridized carbons (Fsp3) is 0.280. The van der Waals surface area contributed by atoms with Crippen LogP contribution in [0, 0.1) is 11.3 Å². The third kappa shape index (κ3) is 3.93. The molecule has 35 heavy (non-hydrogen) atoms. The number of carbonyl (C=O) groups is 3. The first-order valence-corrected chi connectivity index (χ1v) is 10.7. The Hall–Kier alpha value is -4.13. The van der Waals surface area contributed by atoms with Gasteiger partial charge in [0.1, 0.15) is 5.54 Å². The van der Waals surface area contributed by atoms with Crippen molar-refractivity contribution in [3.05, 3.63) is 76.5 Å². The molecule has 10 heteroatoms. The second-order valence-electron chi connectivity index (χ2n) is 8.56. The van der Waals surface area contributed by atoms with Crippen LogP contribution in [0.1, 0.15) is 49.4 Å². The number of carboxylic acid groups (broad SMARTS) is 1. The second kappa shape index (κ2) is 8.27. The molecule has 0 bridgehead atoms. The van der Waals surface area contributed by atoms with Gasteiger partial charge in [-0.1, -0.05) is 18.2 Å². The van der Waals surface area contributed by atoms with E-state index in [-0.39, 0.29) is 29.8 Å². The van der Waals surface area contributed by atoms with Crippen LogP contribution in [0.2, 0.25) is 0 Å². The molecule has 1 fully saturated rings. The number of rotatable bonds is 5. The Bertz CT molecular complexity index is 1300. The van der Waals surface area contributed by atoms with Gasteiger partial charge >= 0.3 is 18.2 Å². The molecule has 1 aliphatic carbocycles. The predicted molar refractivity (Wildman–Crippen MR) is 118 cm³/mol. The van der Waals surface area contributed by atoms with E-state index in [0.29, 0.717) is 11.1 Å². The summed E-state index contributed by atoms with van der Waals surface area (Å²) in [7, 11) is 0. The molecule has 0 aromatic heterocycles. The minimum atomic E-state index is -4.67. The molecule has 0 saturated heterocycles. The monoisotopic (exact) mass is 483 g/mol. The number of anilines is 1. The molecule has 1 heterocycles. The average Bonchev–Trinajstić information content (AvgIpc) is 3.60. The lowest BCUT2D eigenvalue weighted by atomic mass is 9.88. The van der Waals surface area contributed by atoms with Gasteiger partial charge in [-0.25, -0.2) is 9.59 Å². The molecule has 1 unspecified atom stereocenters. The largest absolute Gasteiger partial charge is 0.479 e. The highest BCUT2D eigenvalue weighted by Crippen LogP contribution is 2.52. The Labute approximate surface area is 198 Å². The standard InChI is InChI=1S/C25H20F3N3O4/c1-14-20(15(2)32)21(17-8-6-16(13-29)7-9-17)31(24(10-11-24)22(33)34)23(35)30(14)19-5-3-4-18(12-19)25(26,27)28/h3-9,12,21H,10-11H2,1-2H3,(H,33,34). The van der Waals surface area contributed by atoms with E-state index in [1.165, 1.54) is 44.2 Å². The Kier molecular flexibility index (Phi) is 5.67. The van der Waals surface area contributed by atoms with Crippen molar-refractivity contribution in [3.8, 4) is 6.07 Å². The van der Waals surface area contributed by atoms with Crippen molar-refractivity contribution in [3.63, 3.8) is 0 Å². The minimum absolute atomic E-state index is 0.0826. The topological polar surface area (TPSA) is 102 Å². The Morgan fingerprint density at radius 1 is 1.14 bits per heavy atom. The number of Topliss-reactive ketones (excluding diaryl/α,β-unsaturated/α-hetero) is 1. The maximum absolute atomic E-state index is 13.9. The number of nitriles is 1. The summed E-state index contributed by atoms with van der Waals surface area (Å²) < 4.78 is 40.1. The van der Waals surface area contributed by atoms with Crippen molar-refractivity contribution in [2.45, 2.75) is 44.4 Å². The molecule has 180 valence electrons. The number of ketones is 1. The number of hydrogen-bond acceptors (Lipinski definition) is 4. The number of benzene rings is 2. The number of carbonyl (C=O) groups excluding carboxylic acids is 2. The lowest BCUT2D eigenvalue weighted by molar-refractivity contribution is -0.144. The molecule has 1 atom stereocenters. The molecule has 1 N–H and O–H groups in total. The first kappa shape index (κ1) is 24.0. The van der Waals surface area contributed by atoms with Crippen LogP contribution in [0.15, 0.2) is 59.8 Å².